The maximum Gasteiger partial charge on any atom is 0.241 e. The van der Waals surface area contributed by atoms with Crippen LogP contribution < -0.4 is 10.9 Å². The Kier molecular flexibility index (Phi) is 4.46. The van der Waals surface area contributed by atoms with Crippen molar-refractivity contribution in [3.05, 3.63) is 48.0 Å². The van der Waals surface area contributed by atoms with Crippen LogP contribution in [0.3, 0.4) is 0 Å². The summed E-state index contributed by atoms with van der Waals surface area (Å²) in [5, 5.41) is 7.90. The Morgan fingerprint density at radius 3 is 2.60 bits per heavy atom. The lowest BCUT2D eigenvalue weighted by molar-refractivity contribution is -0.134. The smallest absolute Gasteiger partial charge is 0.241 e. The van der Waals surface area contributed by atoms with Gasteiger partial charge in [-0.2, -0.15) is 0 Å². The largest absolute Gasteiger partial charge is 0.341 e. The Bertz CT molecular complexity index is 711. The van der Waals surface area contributed by atoms with E-state index in [-0.39, 0.29) is 23.8 Å². The van der Waals surface area contributed by atoms with Crippen molar-refractivity contribution in [3.63, 3.8) is 0 Å². The van der Waals surface area contributed by atoms with Gasteiger partial charge in [0.15, 0.2) is 0 Å². The lowest BCUT2D eigenvalue weighted by Crippen LogP contribution is -2.48. The maximum atomic E-state index is 13.0. The molecule has 1 aromatic heterocycles. The van der Waals surface area contributed by atoms with Crippen molar-refractivity contribution >= 4 is 5.91 Å². The summed E-state index contributed by atoms with van der Waals surface area (Å²) in [6, 6.07) is 6.48. The molecule has 2 aliphatic rings. The SMILES string of the molecule is O=C(C1CC(c2ccc(F)cc2)NN1)N1CCC(n2ccnn2)CC1. The van der Waals surface area contributed by atoms with Crippen molar-refractivity contribution in [3.8, 4) is 0 Å². The lowest BCUT2D eigenvalue weighted by atomic mass is 10.00. The second-order valence-electron chi connectivity index (χ2n) is 6.62. The first-order chi connectivity index (χ1) is 12.2. The van der Waals surface area contributed by atoms with Gasteiger partial charge in [0.25, 0.3) is 0 Å². The first-order valence-electron chi connectivity index (χ1n) is 8.62. The van der Waals surface area contributed by atoms with Crippen LogP contribution in [0.25, 0.3) is 0 Å². The lowest BCUT2D eigenvalue weighted by Gasteiger charge is -2.33. The van der Waals surface area contributed by atoms with Crippen molar-refractivity contribution in [1.29, 1.82) is 0 Å². The first-order valence-corrected chi connectivity index (χ1v) is 8.62. The molecule has 2 atom stereocenters. The molecule has 2 saturated heterocycles. The van der Waals surface area contributed by atoms with Gasteiger partial charge in [0.2, 0.25) is 5.91 Å². The molecule has 4 rings (SSSR count). The molecule has 0 bridgehead atoms. The molecule has 132 valence electrons. The molecule has 0 spiro atoms. The minimum absolute atomic E-state index is 0.0160. The molecule has 0 aliphatic carbocycles. The van der Waals surface area contributed by atoms with Crippen LogP contribution >= 0.6 is 0 Å². The van der Waals surface area contributed by atoms with Gasteiger partial charge in [-0.1, -0.05) is 17.3 Å². The predicted octanol–water partition coefficient (Wildman–Crippen LogP) is 1.19. The predicted molar refractivity (Wildman–Crippen MR) is 88.7 cm³/mol. The van der Waals surface area contributed by atoms with Crippen LogP contribution in [-0.4, -0.2) is 44.9 Å². The average molecular weight is 344 g/mol. The number of piperidine rings is 1. The number of aromatic nitrogens is 3. The molecule has 1 aromatic carbocycles. The number of hydrazine groups is 1. The van der Waals surface area contributed by atoms with Gasteiger partial charge >= 0.3 is 0 Å². The van der Waals surface area contributed by atoms with Crippen molar-refractivity contribution in [2.75, 3.05) is 13.1 Å². The monoisotopic (exact) mass is 344 g/mol. The number of halogens is 1. The molecule has 7 nitrogen and oxygen atoms in total. The molecule has 25 heavy (non-hydrogen) atoms. The molecule has 2 aromatic rings. The fourth-order valence-corrected chi connectivity index (χ4v) is 3.62. The van der Waals surface area contributed by atoms with Gasteiger partial charge in [0.1, 0.15) is 11.9 Å². The molecule has 1 amide bonds. The highest BCUT2D eigenvalue weighted by molar-refractivity contribution is 5.82. The van der Waals surface area contributed by atoms with Crippen LogP contribution in [0.5, 0.6) is 0 Å². The van der Waals surface area contributed by atoms with Crippen molar-refractivity contribution < 1.29 is 9.18 Å². The quantitative estimate of drug-likeness (QED) is 0.875. The summed E-state index contributed by atoms with van der Waals surface area (Å²) >= 11 is 0. The number of hydrogen-bond donors (Lipinski definition) is 2. The highest BCUT2D eigenvalue weighted by Gasteiger charge is 2.34. The average Bonchev–Trinajstić information content (AvgIpc) is 3.34. The molecule has 0 radical (unpaired) electrons. The number of benzene rings is 1. The van der Waals surface area contributed by atoms with E-state index in [0.717, 1.165) is 31.5 Å². The summed E-state index contributed by atoms with van der Waals surface area (Å²) in [5.41, 5.74) is 7.23. The minimum Gasteiger partial charge on any atom is -0.341 e. The van der Waals surface area contributed by atoms with E-state index in [9.17, 15) is 9.18 Å². The Hall–Kier alpha value is -2.32. The molecule has 2 unspecified atom stereocenters. The Morgan fingerprint density at radius 2 is 1.92 bits per heavy atom. The molecule has 3 heterocycles. The molecular formula is C17H21FN6O. The summed E-state index contributed by atoms with van der Waals surface area (Å²) in [5.74, 6) is -0.133. The van der Waals surface area contributed by atoms with Crippen molar-refractivity contribution in [2.45, 2.75) is 37.4 Å². The summed E-state index contributed by atoms with van der Waals surface area (Å²) in [6.45, 7) is 1.45. The van der Waals surface area contributed by atoms with Crippen molar-refractivity contribution in [2.24, 2.45) is 0 Å². The molecule has 2 N–H and O–H groups in total. The fraction of sp³-hybridized carbons (Fsp3) is 0.471. The summed E-state index contributed by atoms with van der Waals surface area (Å²) < 4.78 is 14.9. The van der Waals surface area contributed by atoms with E-state index in [1.165, 1.54) is 12.1 Å². The zero-order valence-corrected chi connectivity index (χ0v) is 13.8. The van der Waals surface area contributed by atoms with E-state index in [1.807, 2.05) is 15.8 Å². The third kappa shape index (κ3) is 3.40. The van der Waals surface area contributed by atoms with E-state index in [2.05, 4.69) is 21.2 Å². The van der Waals surface area contributed by atoms with Crippen LogP contribution in [0.15, 0.2) is 36.7 Å². The third-order valence-corrected chi connectivity index (χ3v) is 5.06. The first kappa shape index (κ1) is 16.2. The number of likely N-dealkylation sites (tertiary alicyclic amines) is 1. The summed E-state index contributed by atoms with van der Waals surface area (Å²) in [7, 11) is 0. The van der Waals surface area contributed by atoms with E-state index in [1.54, 1.807) is 18.3 Å². The van der Waals surface area contributed by atoms with E-state index in [0.29, 0.717) is 12.5 Å². The topological polar surface area (TPSA) is 75.1 Å². The number of amides is 1. The van der Waals surface area contributed by atoms with E-state index in [4.69, 9.17) is 0 Å². The van der Waals surface area contributed by atoms with Crippen molar-refractivity contribution in [1.82, 2.24) is 30.7 Å². The van der Waals surface area contributed by atoms with Crippen LogP contribution in [0.4, 0.5) is 4.39 Å². The number of rotatable bonds is 3. The number of nitrogens with one attached hydrogen (secondary N) is 2. The highest BCUT2D eigenvalue weighted by Crippen LogP contribution is 2.26. The van der Waals surface area contributed by atoms with Gasteiger partial charge in [-0.3, -0.25) is 4.79 Å². The second-order valence-corrected chi connectivity index (χ2v) is 6.62. The van der Waals surface area contributed by atoms with Gasteiger partial charge in [0.05, 0.1) is 12.2 Å². The molecule has 2 aliphatic heterocycles. The molecular weight excluding hydrogens is 323 g/mol. The highest BCUT2D eigenvalue weighted by atomic mass is 19.1. The van der Waals surface area contributed by atoms with Gasteiger partial charge in [-0.15, -0.1) is 5.10 Å². The summed E-state index contributed by atoms with van der Waals surface area (Å²) in [6.07, 6.45) is 5.99. The Balaban J connectivity index is 1.32. The van der Waals surface area contributed by atoms with Gasteiger partial charge in [0, 0.05) is 25.3 Å². The third-order valence-electron chi connectivity index (χ3n) is 5.06. The maximum absolute atomic E-state index is 13.0. The Morgan fingerprint density at radius 1 is 1.16 bits per heavy atom. The molecule has 8 heteroatoms. The van der Waals surface area contributed by atoms with Crippen LogP contribution in [0, 0.1) is 5.82 Å². The standard InChI is InChI=1S/C17H21FN6O/c18-13-3-1-12(2-4-13)15-11-16(21-20-15)17(25)23-8-5-14(6-9-23)24-10-7-19-22-24/h1-4,7,10,14-16,20-21H,5-6,8-9,11H2. The van der Waals surface area contributed by atoms with Crippen LogP contribution in [0.1, 0.15) is 36.9 Å². The molecule has 0 saturated carbocycles. The van der Waals surface area contributed by atoms with Gasteiger partial charge in [-0.05, 0) is 37.0 Å². The number of nitrogens with zero attached hydrogens (tertiary/aromatic N) is 4. The number of hydrogen-bond acceptors (Lipinski definition) is 5. The number of carbonyl (C=O) groups is 1. The van der Waals surface area contributed by atoms with E-state index >= 15 is 0 Å². The van der Waals surface area contributed by atoms with Gasteiger partial charge < -0.3 is 4.90 Å². The minimum atomic E-state index is -0.252. The fourth-order valence-electron chi connectivity index (χ4n) is 3.62. The Labute approximate surface area is 145 Å². The second kappa shape index (κ2) is 6.89. The zero-order valence-electron chi connectivity index (χ0n) is 13.8. The van der Waals surface area contributed by atoms with Gasteiger partial charge in [-0.25, -0.2) is 19.9 Å². The molecule has 2 fully saturated rings. The zero-order chi connectivity index (χ0) is 17.2. The summed E-state index contributed by atoms with van der Waals surface area (Å²) in [4.78, 5) is 14.7. The normalized spacial score (nSPS) is 24.6. The van der Waals surface area contributed by atoms with Crippen LogP contribution in [-0.2, 0) is 4.79 Å². The van der Waals surface area contributed by atoms with E-state index < -0.39 is 0 Å². The van der Waals surface area contributed by atoms with Crippen LogP contribution in [0.2, 0.25) is 0 Å². The number of carbonyl (C=O) groups excluding carboxylic acids is 1.